The second kappa shape index (κ2) is 9.88. The van der Waals surface area contributed by atoms with Crippen molar-refractivity contribution < 1.29 is 23.5 Å². The average Bonchev–Trinajstić information content (AvgIpc) is 2.72. The summed E-state index contributed by atoms with van der Waals surface area (Å²) in [5.74, 6) is 0.898. The molecule has 0 aliphatic carbocycles. The van der Waals surface area contributed by atoms with Crippen LogP contribution in [0.4, 0.5) is 4.39 Å². The van der Waals surface area contributed by atoms with E-state index in [0.717, 1.165) is 30.8 Å². The van der Waals surface area contributed by atoms with Crippen LogP contribution in [0.3, 0.4) is 0 Å². The fraction of sp³-hybridized carbons (Fsp3) is 0.364. The van der Waals surface area contributed by atoms with Crippen LogP contribution in [0.5, 0.6) is 11.5 Å². The third kappa shape index (κ3) is 5.81. The van der Waals surface area contributed by atoms with E-state index in [2.05, 4.69) is 5.32 Å². The van der Waals surface area contributed by atoms with Gasteiger partial charge in [0.15, 0.2) is 17.3 Å². The SMILES string of the molecule is O=C(CCC(=O)c1ccc(F)cc1)NCCCCc1ccc2c(c1)OCCO2. The maximum absolute atomic E-state index is 12.9. The van der Waals surface area contributed by atoms with Gasteiger partial charge in [0, 0.05) is 24.9 Å². The van der Waals surface area contributed by atoms with Gasteiger partial charge in [-0.1, -0.05) is 6.07 Å². The minimum atomic E-state index is -0.384. The largest absolute Gasteiger partial charge is 0.486 e. The second-order valence-corrected chi connectivity index (χ2v) is 6.72. The van der Waals surface area contributed by atoms with E-state index in [1.807, 2.05) is 18.2 Å². The van der Waals surface area contributed by atoms with Gasteiger partial charge in [-0.2, -0.15) is 0 Å². The third-order valence-corrected chi connectivity index (χ3v) is 4.57. The Hall–Kier alpha value is -2.89. The van der Waals surface area contributed by atoms with Crippen LogP contribution in [0, 0.1) is 5.82 Å². The van der Waals surface area contributed by atoms with E-state index in [1.165, 1.54) is 29.8 Å². The fourth-order valence-electron chi connectivity index (χ4n) is 3.02. The van der Waals surface area contributed by atoms with Crippen molar-refractivity contribution in [2.45, 2.75) is 32.1 Å². The number of benzene rings is 2. The van der Waals surface area contributed by atoms with E-state index in [1.54, 1.807) is 0 Å². The molecule has 1 aliphatic heterocycles. The zero-order valence-electron chi connectivity index (χ0n) is 15.7. The number of ether oxygens (including phenoxy) is 2. The van der Waals surface area contributed by atoms with Crippen molar-refractivity contribution in [3.8, 4) is 11.5 Å². The minimum absolute atomic E-state index is 0.120. The first-order valence-corrected chi connectivity index (χ1v) is 9.56. The Morgan fingerprint density at radius 2 is 1.68 bits per heavy atom. The monoisotopic (exact) mass is 385 g/mol. The number of halogens is 1. The lowest BCUT2D eigenvalue weighted by Crippen LogP contribution is -2.24. The summed E-state index contributed by atoms with van der Waals surface area (Å²) in [6.07, 6.45) is 2.95. The number of amides is 1. The van der Waals surface area contributed by atoms with Gasteiger partial charge in [-0.3, -0.25) is 9.59 Å². The summed E-state index contributed by atoms with van der Waals surface area (Å²) >= 11 is 0. The molecule has 2 aromatic rings. The highest BCUT2D eigenvalue weighted by atomic mass is 19.1. The molecule has 0 aromatic heterocycles. The van der Waals surface area contributed by atoms with Gasteiger partial charge in [-0.05, 0) is 61.2 Å². The van der Waals surface area contributed by atoms with Crippen molar-refractivity contribution in [3.05, 3.63) is 59.4 Å². The predicted octanol–water partition coefficient (Wildman–Crippen LogP) is 3.70. The van der Waals surface area contributed by atoms with Crippen LogP contribution in [0.15, 0.2) is 42.5 Å². The lowest BCUT2D eigenvalue weighted by atomic mass is 10.1. The molecule has 0 bridgehead atoms. The summed E-state index contributed by atoms with van der Waals surface area (Å²) in [7, 11) is 0. The number of aryl methyl sites for hydroxylation is 1. The Balaban J connectivity index is 1.30. The highest BCUT2D eigenvalue weighted by Gasteiger charge is 2.12. The molecule has 0 saturated carbocycles. The highest BCUT2D eigenvalue weighted by Crippen LogP contribution is 2.31. The lowest BCUT2D eigenvalue weighted by molar-refractivity contribution is -0.121. The van der Waals surface area contributed by atoms with Crippen LogP contribution in [-0.2, 0) is 11.2 Å². The van der Waals surface area contributed by atoms with Gasteiger partial charge in [0.25, 0.3) is 0 Å². The Bertz CT molecular complexity index is 820. The molecule has 0 radical (unpaired) electrons. The molecule has 148 valence electrons. The maximum atomic E-state index is 12.9. The molecule has 0 unspecified atom stereocenters. The summed E-state index contributed by atoms with van der Waals surface area (Å²) in [6.45, 7) is 1.74. The average molecular weight is 385 g/mol. The topological polar surface area (TPSA) is 64.6 Å². The van der Waals surface area contributed by atoms with Gasteiger partial charge in [-0.25, -0.2) is 4.39 Å². The Labute approximate surface area is 163 Å². The lowest BCUT2D eigenvalue weighted by Gasteiger charge is -2.18. The van der Waals surface area contributed by atoms with Crippen molar-refractivity contribution in [1.82, 2.24) is 5.32 Å². The van der Waals surface area contributed by atoms with E-state index < -0.39 is 0 Å². The number of hydrogen-bond acceptors (Lipinski definition) is 4. The number of fused-ring (bicyclic) bond motifs is 1. The smallest absolute Gasteiger partial charge is 0.220 e. The van der Waals surface area contributed by atoms with Gasteiger partial charge in [0.1, 0.15) is 19.0 Å². The van der Waals surface area contributed by atoms with Crippen LogP contribution >= 0.6 is 0 Å². The summed E-state index contributed by atoms with van der Waals surface area (Å²) < 4.78 is 23.9. The van der Waals surface area contributed by atoms with Crippen molar-refractivity contribution in [2.75, 3.05) is 19.8 Å². The van der Waals surface area contributed by atoms with E-state index in [-0.39, 0.29) is 30.3 Å². The molecular formula is C22H24FNO4. The van der Waals surface area contributed by atoms with Crippen LogP contribution in [0.2, 0.25) is 0 Å². The van der Waals surface area contributed by atoms with Gasteiger partial charge in [-0.15, -0.1) is 0 Å². The molecule has 6 heteroatoms. The number of unbranched alkanes of at least 4 members (excludes halogenated alkanes) is 1. The Kier molecular flexibility index (Phi) is 7.00. The van der Waals surface area contributed by atoms with Crippen molar-refractivity contribution in [1.29, 1.82) is 0 Å². The summed E-state index contributed by atoms with van der Waals surface area (Å²) in [6, 6.07) is 11.3. The number of rotatable bonds is 9. The van der Waals surface area contributed by atoms with Crippen LogP contribution in [0.1, 0.15) is 41.6 Å². The van der Waals surface area contributed by atoms with Crippen molar-refractivity contribution in [3.63, 3.8) is 0 Å². The normalized spacial score (nSPS) is 12.5. The molecule has 0 atom stereocenters. The number of nitrogens with one attached hydrogen (secondary N) is 1. The van der Waals surface area contributed by atoms with Crippen molar-refractivity contribution >= 4 is 11.7 Å². The van der Waals surface area contributed by atoms with E-state index >= 15 is 0 Å². The maximum Gasteiger partial charge on any atom is 0.220 e. The van der Waals surface area contributed by atoms with E-state index in [4.69, 9.17) is 9.47 Å². The number of ketones is 1. The first-order chi connectivity index (χ1) is 13.6. The van der Waals surface area contributed by atoms with Gasteiger partial charge >= 0.3 is 0 Å². The molecule has 5 nitrogen and oxygen atoms in total. The molecule has 1 amide bonds. The first kappa shape index (κ1) is 19.9. The first-order valence-electron chi connectivity index (χ1n) is 9.56. The molecule has 2 aromatic carbocycles. The molecular weight excluding hydrogens is 361 g/mol. The third-order valence-electron chi connectivity index (χ3n) is 4.57. The number of hydrogen-bond donors (Lipinski definition) is 1. The van der Waals surface area contributed by atoms with Crippen LogP contribution < -0.4 is 14.8 Å². The van der Waals surface area contributed by atoms with Crippen LogP contribution in [-0.4, -0.2) is 31.4 Å². The fourth-order valence-corrected chi connectivity index (χ4v) is 3.02. The molecule has 3 rings (SSSR count). The zero-order chi connectivity index (χ0) is 19.8. The Morgan fingerprint density at radius 3 is 2.46 bits per heavy atom. The predicted molar refractivity (Wildman–Crippen MR) is 103 cm³/mol. The summed E-state index contributed by atoms with van der Waals surface area (Å²) in [4.78, 5) is 23.8. The van der Waals surface area contributed by atoms with Gasteiger partial charge in [0.05, 0.1) is 0 Å². The second-order valence-electron chi connectivity index (χ2n) is 6.72. The summed E-state index contributed by atoms with van der Waals surface area (Å²) in [5.41, 5.74) is 1.61. The molecule has 28 heavy (non-hydrogen) atoms. The molecule has 1 N–H and O–H groups in total. The molecule has 0 saturated heterocycles. The van der Waals surface area contributed by atoms with Crippen LogP contribution in [0.25, 0.3) is 0 Å². The van der Waals surface area contributed by atoms with Gasteiger partial charge < -0.3 is 14.8 Å². The zero-order valence-corrected chi connectivity index (χ0v) is 15.7. The standard InChI is InChI=1S/C22H24FNO4/c23-18-7-5-17(6-8-18)19(25)9-11-22(26)24-12-2-1-3-16-4-10-20-21(15-16)28-14-13-27-20/h4-8,10,15H,1-3,9,11-14H2,(H,24,26). The van der Waals surface area contributed by atoms with Gasteiger partial charge in [0.2, 0.25) is 5.91 Å². The van der Waals surface area contributed by atoms with E-state index in [9.17, 15) is 14.0 Å². The molecule has 0 spiro atoms. The number of carbonyl (C=O) groups excluding carboxylic acids is 2. The van der Waals surface area contributed by atoms with Crippen molar-refractivity contribution in [2.24, 2.45) is 0 Å². The highest BCUT2D eigenvalue weighted by molar-refractivity contribution is 5.97. The summed E-state index contributed by atoms with van der Waals surface area (Å²) in [5, 5.41) is 2.84. The molecule has 0 fully saturated rings. The number of Topliss-reactive ketones (excluding diaryl/α,β-unsaturated/α-hetero) is 1. The van der Waals surface area contributed by atoms with E-state index in [0.29, 0.717) is 25.3 Å². The minimum Gasteiger partial charge on any atom is -0.486 e. The number of carbonyl (C=O) groups is 2. The molecule has 1 heterocycles. The molecule has 1 aliphatic rings. The quantitative estimate of drug-likeness (QED) is 0.528. The Morgan fingerprint density at radius 1 is 0.929 bits per heavy atom.